The van der Waals surface area contributed by atoms with Gasteiger partial charge < -0.3 is 5.11 Å². The van der Waals surface area contributed by atoms with Crippen molar-refractivity contribution in [2.24, 2.45) is 0 Å². The first-order valence-electron chi connectivity index (χ1n) is 6.24. The molecule has 3 atom stereocenters. The van der Waals surface area contributed by atoms with Crippen molar-refractivity contribution >= 4 is 12.4 Å². The average molecular weight is 254 g/mol. The van der Waals surface area contributed by atoms with E-state index in [9.17, 15) is 5.11 Å². The maximum atomic E-state index is 10.2. The molecule has 0 aromatic heterocycles. The molecule has 1 aromatic carbocycles. The predicted molar refractivity (Wildman–Crippen MR) is 71.4 cm³/mol. The topological polar surface area (TPSA) is 23.5 Å². The monoisotopic (exact) mass is 253 g/mol. The lowest BCUT2D eigenvalue weighted by atomic mass is 9.96. The van der Waals surface area contributed by atoms with Gasteiger partial charge in [-0.25, -0.2) is 0 Å². The SMILES string of the molecule is CC(C)N1C2CCC(O)C1c1ccccc12.Cl. The quantitative estimate of drug-likeness (QED) is 0.832. The highest BCUT2D eigenvalue weighted by atomic mass is 35.5. The Kier molecular flexibility index (Phi) is 3.48. The second kappa shape index (κ2) is 4.60. The number of fused-ring (bicyclic) bond motifs is 5. The van der Waals surface area contributed by atoms with Crippen LogP contribution in [0.1, 0.15) is 49.9 Å². The lowest BCUT2D eigenvalue weighted by Crippen LogP contribution is -2.42. The van der Waals surface area contributed by atoms with Gasteiger partial charge in [-0.3, -0.25) is 4.90 Å². The highest BCUT2D eigenvalue weighted by Crippen LogP contribution is 2.51. The largest absolute Gasteiger partial charge is 0.391 e. The summed E-state index contributed by atoms with van der Waals surface area (Å²) in [6, 6.07) is 9.88. The van der Waals surface area contributed by atoms with Crippen molar-refractivity contribution in [3.05, 3.63) is 35.4 Å². The standard InChI is InChI=1S/C14H19NO.ClH/c1-9(2)15-12-7-8-13(16)14(15)11-6-4-3-5-10(11)12;/h3-6,9,12-14,16H,7-8H2,1-2H3;1H. The van der Waals surface area contributed by atoms with Crippen LogP contribution in [0.2, 0.25) is 0 Å². The molecule has 1 aromatic rings. The van der Waals surface area contributed by atoms with Crippen molar-refractivity contribution in [2.75, 3.05) is 0 Å². The third kappa shape index (κ3) is 1.79. The van der Waals surface area contributed by atoms with E-state index in [4.69, 9.17) is 0 Å². The van der Waals surface area contributed by atoms with E-state index in [-0.39, 0.29) is 24.6 Å². The fraction of sp³-hybridized carbons (Fsp3) is 0.571. The van der Waals surface area contributed by atoms with Gasteiger partial charge in [-0.1, -0.05) is 24.3 Å². The van der Waals surface area contributed by atoms with E-state index in [0.717, 1.165) is 12.8 Å². The Balaban J connectivity index is 0.00000108. The van der Waals surface area contributed by atoms with E-state index in [1.807, 2.05) is 0 Å². The molecule has 2 aliphatic rings. The maximum Gasteiger partial charge on any atom is 0.0738 e. The molecule has 0 amide bonds. The molecule has 1 fully saturated rings. The van der Waals surface area contributed by atoms with Gasteiger partial charge in [0.1, 0.15) is 0 Å². The summed E-state index contributed by atoms with van der Waals surface area (Å²) in [4.78, 5) is 2.48. The molecule has 2 nitrogen and oxygen atoms in total. The lowest BCUT2D eigenvalue weighted by Gasteiger charge is -2.40. The van der Waals surface area contributed by atoms with Crippen LogP contribution in [-0.2, 0) is 0 Å². The van der Waals surface area contributed by atoms with Crippen LogP contribution in [0.15, 0.2) is 24.3 Å². The van der Waals surface area contributed by atoms with E-state index in [1.54, 1.807) is 0 Å². The number of piperidine rings is 1. The fourth-order valence-corrected chi connectivity index (χ4v) is 3.48. The van der Waals surface area contributed by atoms with Crippen molar-refractivity contribution < 1.29 is 5.11 Å². The molecule has 1 saturated heterocycles. The van der Waals surface area contributed by atoms with E-state index in [0.29, 0.717) is 12.1 Å². The van der Waals surface area contributed by atoms with Crippen LogP contribution >= 0.6 is 12.4 Å². The Bertz CT molecular complexity index is 407. The highest BCUT2D eigenvalue weighted by molar-refractivity contribution is 5.85. The summed E-state index contributed by atoms with van der Waals surface area (Å²) in [6.07, 6.45) is 1.84. The number of nitrogens with zero attached hydrogens (tertiary/aromatic N) is 1. The number of aliphatic hydroxyl groups excluding tert-OH is 1. The van der Waals surface area contributed by atoms with Gasteiger partial charge in [-0.2, -0.15) is 0 Å². The van der Waals surface area contributed by atoms with Gasteiger partial charge >= 0.3 is 0 Å². The third-order valence-electron chi connectivity index (χ3n) is 4.05. The molecule has 3 rings (SSSR count). The van der Waals surface area contributed by atoms with E-state index in [1.165, 1.54) is 11.1 Å². The van der Waals surface area contributed by atoms with Crippen LogP contribution in [0.4, 0.5) is 0 Å². The highest BCUT2D eigenvalue weighted by Gasteiger charge is 2.46. The first kappa shape index (κ1) is 12.9. The summed E-state index contributed by atoms with van der Waals surface area (Å²) in [5, 5.41) is 10.2. The second-order valence-electron chi connectivity index (χ2n) is 5.28. The zero-order valence-corrected chi connectivity index (χ0v) is 11.2. The van der Waals surface area contributed by atoms with Crippen molar-refractivity contribution in [3.63, 3.8) is 0 Å². The molecule has 3 unspecified atom stereocenters. The van der Waals surface area contributed by atoms with Gasteiger partial charge in [0, 0.05) is 12.1 Å². The van der Waals surface area contributed by atoms with Crippen LogP contribution < -0.4 is 0 Å². The van der Waals surface area contributed by atoms with Crippen LogP contribution in [-0.4, -0.2) is 22.2 Å². The Morgan fingerprint density at radius 1 is 1.18 bits per heavy atom. The molecule has 1 N–H and O–H groups in total. The molecule has 2 heterocycles. The summed E-state index contributed by atoms with van der Waals surface area (Å²) in [5.41, 5.74) is 2.80. The summed E-state index contributed by atoms with van der Waals surface area (Å²) < 4.78 is 0. The summed E-state index contributed by atoms with van der Waals surface area (Å²) in [7, 11) is 0. The number of aliphatic hydroxyl groups is 1. The lowest BCUT2D eigenvalue weighted by molar-refractivity contribution is -0.0244. The number of rotatable bonds is 1. The first-order valence-corrected chi connectivity index (χ1v) is 6.24. The van der Waals surface area contributed by atoms with Gasteiger partial charge in [-0.05, 0) is 37.8 Å². The molecule has 0 aliphatic carbocycles. The van der Waals surface area contributed by atoms with Crippen molar-refractivity contribution in [3.8, 4) is 0 Å². The molecule has 2 bridgehead atoms. The number of hydrogen-bond donors (Lipinski definition) is 1. The molecular weight excluding hydrogens is 234 g/mol. The number of benzene rings is 1. The molecule has 2 aliphatic heterocycles. The van der Waals surface area contributed by atoms with E-state index >= 15 is 0 Å². The predicted octanol–water partition coefficient (Wildman–Crippen LogP) is 3.07. The summed E-state index contributed by atoms with van der Waals surface area (Å²) in [6.45, 7) is 4.45. The van der Waals surface area contributed by atoms with Crippen molar-refractivity contribution in [1.82, 2.24) is 4.90 Å². The Labute approximate surface area is 109 Å². The van der Waals surface area contributed by atoms with Gasteiger partial charge in [0.05, 0.1) is 12.1 Å². The fourth-order valence-electron chi connectivity index (χ4n) is 3.48. The normalized spacial score (nSPS) is 31.2. The minimum absolute atomic E-state index is 0. The zero-order valence-electron chi connectivity index (χ0n) is 10.3. The molecule has 0 saturated carbocycles. The Morgan fingerprint density at radius 3 is 2.47 bits per heavy atom. The molecule has 94 valence electrons. The second-order valence-corrected chi connectivity index (χ2v) is 5.28. The number of halogens is 1. The third-order valence-corrected chi connectivity index (χ3v) is 4.05. The summed E-state index contributed by atoms with van der Waals surface area (Å²) >= 11 is 0. The van der Waals surface area contributed by atoms with Crippen LogP contribution in [0.5, 0.6) is 0 Å². The Morgan fingerprint density at radius 2 is 1.82 bits per heavy atom. The molecule has 17 heavy (non-hydrogen) atoms. The Hall–Kier alpha value is -0.570. The minimum atomic E-state index is -0.192. The van der Waals surface area contributed by atoms with Gasteiger partial charge in [-0.15, -0.1) is 12.4 Å². The van der Waals surface area contributed by atoms with Gasteiger partial charge in [0.25, 0.3) is 0 Å². The molecule has 0 radical (unpaired) electrons. The minimum Gasteiger partial charge on any atom is -0.391 e. The van der Waals surface area contributed by atoms with Crippen molar-refractivity contribution in [1.29, 1.82) is 0 Å². The van der Waals surface area contributed by atoms with E-state index < -0.39 is 0 Å². The smallest absolute Gasteiger partial charge is 0.0738 e. The molecule has 0 spiro atoms. The van der Waals surface area contributed by atoms with Crippen LogP contribution in [0, 0.1) is 0 Å². The van der Waals surface area contributed by atoms with Gasteiger partial charge in [0.15, 0.2) is 0 Å². The van der Waals surface area contributed by atoms with Crippen LogP contribution in [0.3, 0.4) is 0 Å². The summed E-state index contributed by atoms with van der Waals surface area (Å²) in [5.74, 6) is 0. The van der Waals surface area contributed by atoms with E-state index in [2.05, 4.69) is 43.0 Å². The van der Waals surface area contributed by atoms with Gasteiger partial charge in [0.2, 0.25) is 0 Å². The maximum absolute atomic E-state index is 10.2. The first-order chi connectivity index (χ1) is 7.70. The van der Waals surface area contributed by atoms with Crippen LogP contribution in [0.25, 0.3) is 0 Å². The molecule has 3 heteroatoms. The molecular formula is C14H20ClNO. The van der Waals surface area contributed by atoms with Crippen molar-refractivity contribution in [2.45, 2.75) is 50.9 Å². The average Bonchev–Trinajstić information content (AvgIpc) is 2.54. The zero-order chi connectivity index (χ0) is 11.3. The number of hydrogen-bond acceptors (Lipinski definition) is 2.